The molecule has 1 N–H and O–H groups in total. The van der Waals surface area contributed by atoms with Crippen molar-refractivity contribution in [3.05, 3.63) is 36.3 Å². The van der Waals surface area contributed by atoms with Crippen molar-refractivity contribution in [3.63, 3.8) is 0 Å². The van der Waals surface area contributed by atoms with Crippen LogP contribution in [0.4, 0.5) is 4.39 Å². The monoisotopic (exact) mass is 256 g/mol. The molecule has 4 nitrogen and oxygen atoms in total. The van der Waals surface area contributed by atoms with E-state index in [4.69, 9.17) is 0 Å². The minimum atomic E-state index is -0.182. The van der Waals surface area contributed by atoms with E-state index in [0.29, 0.717) is 17.9 Å². The Morgan fingerprint density at radius 3 is 2.84 bits per heavy atom. The molecule has 5 heteroatoms. The van der Waals surface area contributed by atoms with Crippen LogP contribution < -0.4 is 5.32 Å². The molecule has 19 heavy (non-hydrogen) atoms. The molecule has 3 heterocycles. The fourth-order valence-electron chi connectivity index (χ4n) is 3.74. The zero-order valence-corrected chi connectivity index (χ0v) is 10.3. The average Bonchev–Trinajstić information content (AvgIpc) is 2.84. The van der Waals surface area contributed by atoms with Crippen LogP contribution >= 0.6 is 0 Å². The Morgan fingerprint density at radius 1 is 1.16 bits per heavy atom. The van der Waals surface area contributed by atoms with Gasteiger partial charge < -0.3 is 9.88 Å². The summed E-state index contributed by atoms with van der Waals surface area (Å²) in [5, 5.41) is 7.76. The van der Waals surface area contributed by atoms with Crippen LogP contribution in [0.3, 0.4) is 0 Å². The van der Waals surface area contributed by atoms with Crippen LogP contribution in [-0.4, -0.2) is 27.3 Å². The molecule has 0 bridgehead atoms. The number of hydrogen-bond donors (Lipinski definition) is 1. The number of imidazole rings is 1. The third-order valence-corrected chi connectivity index (χ3v) is 4.64. The molecule has 1 aliphatic carbocycles. The molecule has 2 unspecified atom stereocenters. The molecule has 0 spiro atoms. The molecule has 96 valence electrons. The number of rotatable bonds is 1. The summed E-state index contributed by atoms with van der Waals surface area (Å²) in [7, 11) is 0. The first-order chi connectivity index (χ1) is 9.34. The van der Waals surface area contributed by atoms with Crippen LogP contribution in [0.15, 0.2) is 30.5 Å². The Balaban J connectivity index is 1.84. The number of piperidine rings is 1. The molecule has 2 aliphatic rings. The maximum Gasteiger partial charge on any atom is 0.137 e. The third kappa shape index (κ3) is 1.14. The van der Waals surface area contributed by atoms with Crippen LogP contribution in [0.2, 0.25) is 0 Å². The highest BCUT2D eigenvalue weighted by atomic mass is 19.1. The van der Waals surface area contributed by atoms with E-state index < -0.39 is 0 Å². The van der Waals surface area contributed by atoms with Crippen molar-refractivity contribution in [1.82, 2.24) is 19.5 Å². The lowest BCUT2D eigenvalue weighted by Gasteiger charge is -2.08. The first-order valence-electron chi connectivity index (χ1n) is 6.68. The highest BCUT2D eigenvalue weighted by molar-refractivity contribution is 5.82. The van der Waals surface area contributed by atoms with Crippen molar-refractivity contribution in [2.75, 3.05) is 13.1 Å². The van der Waals surface area contributed by atoms with Gasteiger partial charge in [0.15, 0.2) is 0 Å². The number of aromatic nitrogens is 3. The molecule has 0 radical (unpaired) electrons. The number of halogens is 1. The Bertz CT molecular complexity index is 792. The molecule has 1 saturated heterocycles. The number of nitrogens with zero attached hydrogens (tertiary/aromatic N) is 3. The summed E-state index contributed by atoms with van der Waals surface area (Å²) in [5.74, 6) is 1.20. The van der Waals surface area contributed by atoms with Crippen molar-refractivity contribution in [1.29, 1.82) is 0 Å². The summed E-state index contributed by atoms with van der Waals surface area (Å²) < 4.78 is 17.8. The van der Waals surface area contributed by atoms with Gasteiger partial charge in [-0.3, -0.25) is 0 Å². The van der Waals surface area contributed by atoms with Gasteiger partial charge in [-0.25, -0.2) is 8.91 Å². The lowest BCUT2D eigenvalue weighted by Crippen LogP contribution is -2.16. The Kier molecular flexibility index (Phi) is 1.66. The van der Waals surface area contributed by atoms with Gasteiger partial charge in [0, 0.05) is 25.2 Å². The van der Waals surface area contributed by atoms with E-state index in [2.05, 4.69) is 15.0 Å². The molecular formula is C14H13FN4. The van der Waals surface area contributed by atoms with Gasteiger partial charge >= 0.3 is 0 Å². The minimum absolute atomic E-state index is 0.182. The summed E-state index contributed by atoms with van der Waals surface area (Å²) >= 11 is 0. The van der Waals surface area contributed by atoms with Crippen LogP contribution in [0.1, 0.15) is 6.04 Å². The molecule has 1 aromatic carbocycles. The molecule has 2 aromatic heterocycles. The third-order valence-electron chi connectivity index (χ3n) is 4.64. The molecular weight excluding hydrogens is 243 g/mol. The smallest absolute Gasteiger partial charge is 0.137 e. The predicted octanol–water partition coefficient (Wildman–Crippen LogP) is 1.82. The number of nitrogens with one attached hydrogen (secondary N) is 1. The molecule has 2 fully saturated rings. The van der Waals surface area contributed by atoms with E-state index in [-0.39, 0.29) is 5.82 Å². The number of fused-ring (bicyclic) bond motifs is 4. The predicted molar refractivity (Wildman–Crippen MR) is 69.5 cm³/mol. The molecule has 2 atom stereocenters. The summed E-state index contributed by atoms with van der Waals surface area (Å²) in [6, 6.07) is 7.46. The van der Waals surface area contributed by atoms with E-state index in [1.165, 1.54) is 6.07 Å². The standard InChI is InChI=1S/C14H13FN4/c15-8-1-2-11-12(5-8)18(13-3-4-17-19(11)13)14-9-6-16-7-10(9)14/h1-5,9-10,14,16H,6-7H2. The minimum Gasteiger partial charge on any atom is -0.320 e. The second-order valence-electron chi connectivity index (χ2n) is 5.58. The van der Waals surface area contributed by atoms with Gasteiger partial charge in [0.1, 0.15) is 11.5 Å². The van der Waals surface area contributed by atoms with Gasteiger partial charge in [0.2, 0.25) is 0 Å². The highest BCUT2D eigenvalue weighted by Gasteiger charge is 2.54. The van der Waals surface area contributed by atoms with Gasteiger partial charge in [-0.1, -0.05) is 0 Å². The van der Waals surface area contributed by atoms with E-state index in [1.807, 2.05) is 22.8 Å². The summed E-state index contributed by atoms with van der Waals surface area (Å²) in [6.45, 7) is 2.15. The zero-order chi connectivity index (χ0) is 12.6. The average molecular weight is 256 g/mol. The van der Waals surface area contributed by atoms with Crippen molar-refractivity contribution < 1.29 is 4.39 Å². The van der Waals surface area contributed by atoms with E-state index in [1.54, 1.807) is 6.07 Å². The zero-order valence-electron chi connectivity index (χ0n) is 10.3. The molecule has 1 aliphatic heterocycles. The largest absolute Gasteiger partial charge is 0.320 e. The molecule has 1 saturated carbocycles. The van der Waals surface area contributed by atoms with Crippen molar-refractivity contribution in [2.24, 2.45) is 11.8 Å². The second kappa shape index (κ2) is 3.17. The summed E-state index contributed by atoms with van der Waals surface area (Å²) in [4.78, 5) is 0. The van der Waals surface area contributed by atoms with Gasteiger partial charge in [0.05, 0.1) is 17.2 Å². The van der Waals surface area contributed by atoms with E-state index in [9.17, 15) is 4.39 Å². The Hall–Kier alpha value is -1.88. The fourth-order valence-corrected chi connectivity index (χ4v) is 3.74. The van der Waals surface area contributed by atoms with E-state index >= 15 is 0 Å². The molecule has 5 rings (SSSR count). The second-order valence-corrected chi connectivity index (χ2v) is 5.58. The topological polar surface area (TPSA) is 34.3 Å². The van der Waals surface area contributed by atoms with Crippen molar-refractivity contribution in [3.8, 4) is 0 Å². The first kappa shape index (κ1) is 9.97. The number of benzene rings is 1. The van der Waals surface area contributed by atoms with Gasteiger partial charge in [-0.15, -0.1) is 0 Å². The van der Waals surface area contributed by atoms with Gasteiger partial charge in [0.25, 0.3) is 0 Å². The van der Waals surface area contributed by atoms with Crippen molar-refractivity contribution >= 4 is 16.7 Å². The quantitative estimate of drug-likeness (QED) is 0.720. The lowest BCUT2D eigenvalue weighted by molar-refractivity contribution is 0.589. The first-order valence-corrected chi connectivity index (χ1v) is 6.68. The highest BCUT2D eigenvalue weighted by Crippen LogP contribution is 2.54. The molecule has 0 amide bonds. The van der Waals surface area contributed by atoms with Crippen molar-refractivity contribution in [2.45, 2.75) is 6.04 Å². The van der Waals surface area contributed by atoms with Gasteiger partial charge in [-0.2, -0.15) is 5.10 Å². The van der Waals surface area contributed by atoms with Crippen LogP contribution in [0.5, 0.6) is 0 Å². The number of hydrogen-bond acceptors (Lipinski definition) is 2. The fraction of sp³-hybridized carbons (Fsp3) is 0.357. The van der Waals surface area contributed by atoms with Crippen LogP contribution in [0, 0.1) is 17.7 Å². The normalized spacial score (nSPS) is 29.2. The SMILES string of the molecule is Fc1ccc2c(c1)n(C1C3CNCC31)c1ccnn21. The Morgan fingerprint density at radius 2 is 2.00 bits per heavy atom. The van der Waals surface area contributed by atoms with Crippen LogP contribution in [0.25, 0.3) is 16.7 Å². The lowest BCUT2D eigenvalue weighted by atomic mass is 10.3. The van der Waals surface area contributed by atoms with Gasteiger partial charge in [-0.05, 0) is 30.0 Å². The van der Waals surface area contributed by atoms with E-state index in [0.717, 1.165) is 29.8 Å². The molecule has 3 aromatic rings. The maximum atomic E-state index is 13.6. The summed E-state index contributed by atoms with van der Waals surface area (Å²) in [6.07, 6.45) is 1.81. The summed E-state index contributed by atoms with van der Waals surface area (Å²) in [5.41, 5.74) is 3.02. The Labute approximate surface area is 108 Å². The van der Waals surface area contributed by atoms with Crippen LogP contribution in [-0.2, 0) is 0 Å². The maximum absolute atomic E-state index is 13.6.